The summed E-state index contributed by atoms with van der Waals surface area (Å²) in [4.78, 5) is 11.3. The Morgan fingerprint density at radius 2 is 2.38 bits per heavy atom. The predicted molar refractivity (Wildman–Crippen MR) is 80.2 cm³/mol. The molecule has 3 nitrogen and oxygen atoms in total. The zero-order valence-electron chi connectivity index (χ0n) is 9.11. The van der Waals surface area contributed by atoms with Crippen molar-refractivity contribution in [2.45, 2.75) is 23.4 Å². The van der Waals surface area contributed by atoms with Crippen LogP contribution in [-0.4, -0.2) is 27.2 Å². The van der Waals surface area contributed by atoms with E-state index in [0.717, 1.165) is 3.58 Å². The van der Waals surface area contributed by atoms with Gasteiger partial charge in [0.05, 0.1) is 15.4 Å². The molecule has 0 aromatic carbocycles. The minimum Gasteiger partial charge on any atom is -0.481 e. The molecule has 0 saturated carbocycles. The Labute approximate surface area is 123 Å². The number of alkyl halides is 1. The van der Waals surface area contributed by atoms with E-state index in [9.17, 15) is 9.90 Å². The van der Waals surface area contributed by atoms with Gasteiger partial charge in [0.25, 0.3) is 0 Å². The Morgan fingerprint density at radius 1 is 1.75 bits per heavy atom. The molecule has 0 fully saturated rings. The lowest BCUT2D eigenvalue weighted by Crippen LogP contribution is -2.45. The van der Waals surface area contributed by atoms with Gasteiger partial charge in [0, 0.05) is 10.2 Å². The quantitative estimate of drug-likeness (QED) is 0.532. The van der Waals surface area contributed by atoms with Crippen molar-refractivity contribution in [3.63, 3.8) is 0 Å². The standard InChI is InChI=1S/C11H14I2O3/c1-3-16-7(2)11(13)5-4-8(12)6-9(11)10(14)15/h4-7,9H,3H2,1-2H3,(H,14,15). The molecule has 90 valence electrons. The molecule has 3 atom stereocenters. The maximum Gasteiger partial charge on any atom is 0.312 e. The Hall–Kier alpha value is 0.370. The first-order valence-electron chi connectivity index (χ1n) is 5.01. The van der Waals surface area contributed by atoms with Gasteiger partial charge in [-0.15, -0.1) is 0 Å². The second-order valence-corrected chi connectivity index (χ2v) is 6.74. The number of allylic oxidation sites excluding steroid dienone is 2. The monoisotopic (exact) mass is 448 g/mol. The zero-order chi connectivity index (χ0) is 12.3. The number of aliphatic carboxylic acids is 1. The van der Waals surface area contributed by atoms with Crippen LogP contribution in [0.5, 0.6) is 0 Å². The van der Waals surface area contributed by atoms with Gasteiger partial charge in [0.1, 0.15) is 0 Å². The summed E-state index contributed by atoms with van der Waals surface area (Å²) >= 11 is 4.32. The van der Waals surface area contributed by atoms with Gasteiger partial charge < -0.3 is 9.84 Å². The molecule has 0 aromatic heterocycles. The normalized spacial score (nSPS) is 31.0. The van der Waals surface area contributed by atoms with Crippen LogP contribution in [0.3, 0.4) is 0 Å². The van der Waals surface area contributed by atoms with Crippen molar-refractivity contribution < 1.29 is 14.6 Å². The molecule has 5 heteroatoms. The Morgan fingerprint density at radius 3 is 2.88 bits per heavy atom. The van der Waals surface area contributed by atoms with E-state index in [2.05, 4.69) is 45.2 Å². The Bertz CT molecular complexity index is 338. The van der Waals surface area contributed by atoms with Crippen LogP contribution in [0.1, 0.15) is 13.8 Å². The minimum atomic E-state index is -0.806. The van der Waals surface area contributed by atoms with Crippen LogP contribution in [0.2, 0.25) is 0 Å². The van der Waals surface area contributed by atoms with Crippen molar-refractivity contribution in [2.24, 2.45) is 5.92 Å². The third kappa shape index (κ3) is 2.98. The molecule has 16 heavy (non-hydrogen) atoms. The van der Waals surface area contributed by atoms with Gasteiger partial charge in [-0.2, -0.15) is 0 Å². The summed E-state index contributed by atoms with van der Waals surface area (Å²) < 4.78 is 6.00. The molecule has 1 aliphatic carbocycles. The highest BCUT2D eigenvalue weighted by atomic mass is 127. The summed E-state index contributed by atoms with van der Waals surface area (Å²) in [6.45, 7) is 4.42. The first kappa shape index (κ1) is 14.4. The van der Waals surface area contributed by atoms with E-state index in [1.54, 1.807) is 6.08 Å². The van der Waals surface area contributed by atoms with E-state index in [4.69, 9.17) is 4.74 Å². The topological polar surface area (TPSA) is 46.5 Å². The molecule has 0 saturated heterocycles. The molecular weight excluding hydrogens is 434 g/mol. The molecule has 0 spiro atoms. The number of ether oxygens (including phenoxy) is 1. The van der Waals surface area contributed by atoms with Gasteiger partial charge >= 0.3 is 5.97 Å². The number of halogens is 2. The van der Waals surface area contributed by atoms with Crippen LogP contribution >= 0.6 is 45.2 Å². The van der Waals surface area contributed by atoms with Gasteiger partial charge in [-0.05, 0) is 36.4 Å². The molecule has 0 aromatic rings. The summed E-state index contributed by atoms with van der Waals surface area (Å²) in [5, 5.41) is 9.27. The first-order valence-corrected chi connectivity index (χ1v) is 7.17. The third-order valence-corrected chi connectivity index (χ3v) is 5.23. The van der Waals surface area contributed by atoms with E-state index in [0.29, 0.717) is 6.61 Å². The van der Waals surface area contributed by atoms with E-state index in [-0.39, 0.29) is 6.10 Å². The highest BCUT2D eigenvalue weighted by Crippen LogP contribution is 2.41. The van der Waals surface area contributed by atoms with E-state index in [1.807, 2.05) is 26.0 Å². The summed E-state index contributed by atoms with van der Waals surface area (Å²) in [5.41, 5.74) is 0. The van der Waals surface area contributed by atoms with E-state index in [1.165, 1.54) is 0 Å². The maximum absolute atomic E-state index is 11.3. The summed E-state index contributed by atoms with van der Waals surface area (Å²) in [6.07, 6.45) is 5.54. The molecule has 0 amide bonds. The number of carboxylic acid groups (broad SMARTS) is 1. The molecule has 3 unspecified atom stereocenters. The Balaban J connectivity index is 3.01. The molecule has 0 aliphatic heterocycles. The summed E-state index contributed by atoms with van der Waals surface area (Å²) in [5.74, 6) is -1.34. The largest absolute Gasteiger partial charge is 0.481 e. The molecule has 0 radical (unpaired) electrons. The fraction of sp³-hybridized carbons (Fsp3) is 0.545. The van der Waals surface area contributed by atoms with E-state index < -0.39 is 15.3 Å². The van der Waals surface area contributed by atoms with E-state index >= 15 is 0 Å². The number of carbonyl (C=O) groups is 1. The fourth-order valence-electron chi connectivity index (χ4n) is 1.68. The number of rotatable bonds is 4. The number of hydrogen-bond donors (Lipinski definition) is 1. The van der Waals surface area contributed by atoms with Crippen molar-refractivity contribution in [3.8, 4) is 0 Å². The molecule has 0 heterocycles. The summed E-state index contributed by atoms with van der Waals surface area (Å²) in [6, 6.07) is 0. The van der Waals surface area contributed by atoms with Gasteiger partial charge in [0.15, 0.2) is 0 Å². The lowest BCUT2D eigenvalue weighted by atomic mass is 9.84. The third-order valence-electron chi connectivity index (χ3n) is 2.61. The average molecular weight is 448 g/mol. The lowest BCUT2D eigenvalue weighted by molar-refractivity contribution is -0.141. The van der Waals surface area contributed by atoms with Crippen molar-refractivity contribution in [2.75, 3.05) is 6.61 Å². The van der Waals surface area contributed by atoms with Gasteiger partial charge in [-0.1, -0.05) is 40.8 Å². The van der Waals surface area contributed by atoms with Crippen LogP contribution in [0.4, 0.5) is 0 Å². The molecule has 1 rings (SSSR count). The average Bonchev–Trinajstić information content (AvgIpc) is 2.22. The second-order valence-electron chi connectivity index (χ2n) is 3.63. The zero-order valence-corrected chi connectivity index (χ0v) is 13.4. The van der Waals surface area contributed by atoms with Gasteiger partial charge in [-0.25, -0.2) is 0 Å². The predicted octanol–water partition coefficient (Wildman–Crippen LogP) is 3.17. The van der Waals surface area contributed by atoms with Crippen LogP contribution < -0.4 is 0 Å². The van der Waals surface area contributed by atoms with Crippen molar-refractivity contribution in [3.05, 3.63) is 21.8 Å². The van der Waals surface area contributed by atoms with Crippen LogP contribution in [-0.2, 0) is 9.53 Å². The van der Waals surface area contributed by atoms with Crippen LogP contribution in [0.15, 0.2) is 21.8 Å². The highest BCUT2D eigenvalue weighted by molar-refractivity contribution is 14.1. The molecular formula is C11H14I2O3. The SMILES string of the molecule is CCOC(C)C1(I)C=CC(I)=CC1C(=O)O. The molecule has 1 N–H and O–H groups in total. The molecule has 1 aliphatic rings. The van der Waals surface area contributed by atoms with Crippen molar-refractivity contribution >= 4 is 51.2 Å². The maximum atomic E-state index is 11.3. The number of hydrogen-bond acceptors (Lipinski definition) is 2. The fourth-order valence-corrected chi connectivity index (χ4v) is 3.03. The van der Waals surface area contributed by atoms with Gasteiger partial charge in [-0.3, -0.25) is 4.79 Å². The lowest BCUT2D eigenvalue weighted by Gasteiger charge is -2.36. The first-order chi connectivity index (χ1) is 7.41. The Kier molecular flexibility index (Phi) is 5.24. The van der Waals surface area contributed by atoms with Crippen LogP contribution in [0.25, 0.3) is 0 Å². The van der Waals surface area contributed by atoms with Crippen molar-refractivity contribution in [1.82, 2.24) is 0 Å². The van der Waals surface area contributed by atoms with Crippen molar-refractivity contribution in [1.29, 1.82) is 0 Å². The second kappa shape index (κ2) is 5.81. The minimum absolute atomic E-state index is 0.129. The highest BCUT2D eigenvalue weighted by Gasteiger charge is 2.44. The molecule has 0 bridgehead atoms. The number of carboxylic acids is 1. The van der Waals surface area contributed by atoms with Crippen LogP contribution in [0, 0.1) is 5.92 Å². The summed E-state index contributed by atoms with van der Waals surface area (Å²) in [7, 11) is 0. The smallest absolute Gasteiger partial charge is 0.312 e. The van der Waals surface area contributed by atoms with Gasteiger partial charge in [0.2, 0.25) is 0 Å².